The molecule has 3 nitrogen and oxygen atoms in total. The third-order valence-corrected chi connectivity index (χ3v) is 2.43. The average molecular weight is 228 g/mol. The van der Waals surface area contributed by atoms with E-state index in [1.165, 1.54) is 6.92 Å². The normalized spacial score (nSPS) is 14.3. The van der Waals surface area contributed by atoms with Gasteiger partial charge in [-0.15, -0.1) is 0 Å². The second-order valence-electron chi connectivity index (χ2n) is 3.85. The first-order chi connectivity index (χ1) is 7.36. The first-order valence-corrected chi connectivity index (χ1v) is 4.92. The molecule has 1 aromatic rings. The number of rotatable bonds is 3. The van der Waals surface area contributed by atoms with Crippen molar-refractivity contribution >= 4 is 11.6 Å². The third-order valence-electron chi connectivity index (χ3n) is 2.43. The van der Waals surface area contributed by atoms with Gasteiger partial charge in [0.25, 0.3) is 0 Å². The number of amides is 1. The van der Waals surface area contributed by atoms with Gasteiger partial charge in [-0.2, -0.15) is 0 Å². The second kappa shape index (κ2) is 4.57. The molecule has 5 heteroatoms. The maximum absolute atomic E-state index is 13.2. The molecular weight excluding hydrogens is 214 g/mol. The Morgan fingerprint density at radius 2 is 2.12 bits per heavy atom. The summed E-state index contributed by atoms with van der Waals surface area (Å²) in [6.07, 6.45) is 0.399. The van der Waals surface area contributed by atoms with Crippen LogP contribution in [0.4, 0.5) is 14.5 Å². The minimum Gasteiger partial charge on any atom is -0.322 e. The molecule has 0 aliphatic heterocycles. The van der Waals surface area contributed by atoms with Crippen LogP contribution in [0.25, 0.3) is 0 Å². The fraction of sp³-hybridized carbons (Fsp3) is 0.364. The van der Waals surface area contributed by atoms with Gasteiger partial charge in [0.05, 0.1) is 11.2 Å². The smallest absolute Gasteiger partial charge is 0.244 e. The Hall–Kier alpha value is -1.49. The highest BCUT2D eigenvalue weighted by Crippen LogP contribution is 2.17. The zero-order valence-electron chi connectivity index (χ0n) is 9.18. The van der Waals surface area contributed by atoms with Gasteiger partial charge in [-0.25, -0.2) is 8.78 Å². The van der Waals surface area contributed by atoms with E-state index < -0.39 is 23.1 Å². The molecule has 1 aromatic carbocycles. The Balaban J connectivity index is 2.89. The molecule has 3 N–H and O–H groups in total. The molecule has 1 unspecified atom stereocenters. The van der Waals surface area contributed by atoms with Crippen molar-refractivity contribution in [1.82, 2.24) is 0 Å². The van der Waals surface area contributed by atoms with Crippen molar-refractivity contribution in [3.05, 3.63) is 29.8 Å². The Bertz CT molecular complexity index is 405. The van der Waals surface area contributed by atoms with Crippen LogP contribution in [-0.4, -0.2) is 11.4 Å². The van der Waals surface area contributed by atoms with Gasteiger partial charge < -0.3 is 11.1 Å². The molecule has 1 atom stereocenters. The van der Waals surface area contributed by atoms with E-state index in [1.807, 2.05) is 0 Å². The summed E-state index contributed by atoms with van der Waals surface area (Å²) in [7, 11) is 0. The van der Waals surface area contributed by atoms with Crippen molar-refractivity contribution in [3.8, 4) is 0 Å². The van der Waals surface area contributed by atoms with E-state index in [2.05, 4.69) is 5.32 Å². The largest absolute Gasteiger partial charge is 0.322 e. The molecule has 0 saturated heterocycles. The number of nitrogens with two attached hydrogens (primary N) is 1. The minimum atomic E-state index is -1.10. The Kier molecular flexibility index (Phi) is 3.59. The topological polar surface area (TPSA) is 55.1 Å². The Morgan fingerprint density at radius 3 is 2.69 bits per heavy atom. The highest BCUT2D eigenvalue weighted by Gasteiger charge is 2.26. The lowest BCUT2D eigenvalue weighted by molar-refractivity contribution is -0.120. The lowest BCUT2D eigenvalue weighted by atomic mass is 9.99. The standard InChI is InChI=1S/C11H14F2N2O/c1-3-11(2,14)10(16)15-9-6-7(12)4-5-8(9)13/h4-6H,3,14H2,1-2H3,(H,15,16). The third kappa shape index (κ3) is 2.76. The van der Waals surface area contributed by atoms with Crippen LogP contribution >= 0.6 is 0 Å². The van der Waals surface area contributed by atoms with Crippen LogP contribution in [0.1, 0.15) is 20.3 Å². The first kappa shape index (κ1) is 12.6. The average Bonchev–Trinajstić information content (AvgIpc) is 2.23. The van der Waals surface area contributed by atoms with E-state index in [9.17, 15) is 13.6 Å². The molecule has 16 heavy (non-hydrogen) atoms. The molecule has 1 amide bonds. The van der Waals surface area contributed by atoms with Crippen molar-refractivity contribution in [3.63, 3.8) is 0 Å². The summed E-state index contributed by atoms with van der Waals surface area (Å²) in [5.74, 6) is -1.85. The van der Waals surface area contributed by atoms with Crippen LogP contribution in [0.2, 0.25) is 0 Å². The SMILES string of the molecule is CCC(C)(N)C(=O)Nc1cc(F)ccc1F. The van der Waals surface area contributed by atoms with Crippen LogP contribution in [0.5, 0.6) is 0 Å². The summed E-state index contributed by atoms with van der Waals surface area (Å²) in [5, 5.41) is 2.26. The zero-order chi connectivity index (χ0) is 12.3. The van der Waals surface area contributed by atoms with E-state index in [1.54, 1.807) is 6.92 Å². The van der Waals surface area contributed by atoms with E-state index in [0.717, 1.165) is 18.2 Å². The van der Waals surface area contributed by atoms with Gasteiger partial charge in [-0.1, -0.05) is 6.92 Å². The summed E-state index contributed by atoms with van der Waals surface area (Å²) in [5.41, 5.74) is 4.37. The monoisotopic (exact) mass is 228 g/mol. The van der Waals surface area contributed by atoms with Crippen molar-refractivity contribution in [2.45, 2.75) is 25.8 Å². The first-order valence-electron chi connectivity index (χ1n) is 4.92. The molecule has 0 saturated carbocycles. The van der Waals surface area contributed by atoms with Crippen LogP contribution in [0.15, 0.2) is 18.2 Å². The van der Waals surface area contributed by atoms with E-state index >= 15 is 0 Å². The van der Waals surface area contributed by atoms with Gasteiger partial charge in [0.1, 0.15) is 11.6 Å². The maximum Gasteiger partial charge on any atom is 0.244 e. The van der Waals surface area contributed by atoms with Gasteiger partial charge in [-0.3, -0.25) is 4.79 Å². The molecule has 0 aliphatic rings. The van der Waals surface area contributed by atoms with Gasteiger partial charge in [-0.05, 0) is 25.5 Å². The number of hydrogen-bond acceptors (Lipinski definition) is 2. The maximum atomic E-state index is 13.2. The Morgan fingerprint density at radius 1 is 1.50 bits per heavy atom. The van der Waals surface area contributed by atoms with Crippen LogP contribution in [0, 0.1) is 11.6 Å². The molecule has 0 radical (unpaired) electrons. The molecule has 88 valence electrons. The van der Waals surface area contributed by atoms with Crippen molar-refractivity contribution in [2.24, 2.45) is 5.73 Å². The number of halogens is 2. The molecule has 0 heterocycles. The summed E-state index contributed by atoms with van der Waals surface area (Å²) in [4.78, 5) is 11.6. The number of carbonyl (C=O) groups excluding carboxylic acids is 1. The second-order valence-corrected chi connectivity index (χ2v) is 3.85. The summed E-state index contributed by atoms with van der Waals surface area (Å²) < 4.78 is 26.0. The summed E-state index contributed by atoms with van der Waals surface area (Å²) >= 11 is 0. The van der Waals surface area contributed by atoms with E-state index in [4.69, 9.17) is 5.73 Å². The molecule has 0 aromatic heterocycles. The van der Waals surface area contributed by atoms with Crippen molar-refractivity contribution in [1.29, 1.82) is 0 Å². The summed E-state index contributed by atoms with van der Waals surface area (Å²) in [6.45, 7) is 3.26. The van der Waals surface area contributed by atoms with E-state index in [-0.39, 0.29) is 5.69 Å². The van der Waals surface area contributed by atoms with Crippen molar-refractivity contribution < 1.29 is 13.6 Å². The number of nitrogens with one attached hydrogen (secondary N) is 1. The van der Waals surface area contributed by atoms with Gasteiger partial charge >= 0.3 is 0 Å². The van der Waals surface area contributed by atoms with Gasteiger partial charge in [0, 0.05) is 6.07 Å². The van der Waals surface area contributed by atoms with Gasteiger partial charge in [0.15, 0.2) is 0 Å². The fourth-order valence-electron chi connectivity index (χ4n) is 1.02. The van der Waals surface area contributed by atoms with Gasteiger partial charge in [0.2, 0.25) is 5.91 Å². The Labute approximate surface area is 92.6 Å². The summed E-state index contributed by atoms with van der Waals surface area (Å²) in [6, 6.07) is 2.84. The predicted octanol–water partition coefficient (Wildman–Crippen LogP) is 2.03. The number of carbonyl (C=O) groups is 1. The predicted molar refractivity (Wildman–Crippen MR) is 57.9 cm³/mol. The number of anilines is 1. The molecule has 0 bridgehead atoms. The molecule has 1 rings (SSSR count). The molecule has 0 spiro atoms. The van der Waals surface area contributed by atoms with E-state index in [0.29, 0.717) is 6.42 Å². The quantitative estimate of drug-likeness (QED) is 0.831. The molecule has 0 aliphatic carbocycles. The lowest BCUT2D eigenvalue weighted by Gasteiger charge is -2.21. The highest BCUT2D eigenvalue weighted by molar-refractivity contribution is 5.97. The van der Waals surface area contributed by atoms with Crippen LogP contribution in [0.3, 0.4) is 0 Å². The van der Waals surface area contributed by atoms with Crippen LogP contribution in [-0.2, 0) is 4.79 Å². The zero-order valence-corrected chi connectivity index (χ0v) is 9.18. The van der Waals surface area contributed by atoms with Crippen LogP contribution < -0.4 is 11.1 Å². The minimum absolute atomic E-state index is 0.199. The highest BCUT2D eigenvalue weighted by atomic mass is 19.1. The fourth-order valence-corrected chi connectivity index (χ4v) is 1.02. The van der Waals surface area contributed by atoms with Crippen molar-refractivity contribution in [2.75, 3.05) is 5.32 Å². The molecular formula is C11H14F2N2O. The number of hydrogen-bond donors (Lipinski definition) is 2. The molecule has 0 fully saturated rings. The lowest BCUT2D eigenvalue weighted by Crippen LogP contribution is -2.47. The number of benzene rings is 1.